The number of hydrogen-bond acceptors (Lipinski definition) is 7. The molecule has 1 heterocycles. The second-order valence-electron chi connectivity index (χ2n) is 9.41. The zero-order valence-electron chi connectivity index (χ0n) is 22.6. The Bertz CT molecular complexity index is 1100. The average Bonchev–Trinajstić information content (AvgIpc) is 2.94. The van der Waals surface area contributed by atoms with E-state index >= 15 is 0 Å². The third-order valence-electron chi connectivity index (χ3n) is 6.50. The molecule has 220 valence electrons. The van der Waals surface area contributed by atoms with Crippen LogP contribution in [-0.2, 0) is 14.2 Å². The molecular weight excluding hydrogens is 548 g/mol. The van der Waals surface area contributed by atoms with Gasteiger partial charge in [0.15, 0.2) is 0 Å². The van der Waals surface area contributed by atoms with Gasteiger partial charge in [-0.05, 0) is 73.7 Å². The molecule has 2 aromatic rings. The maximum Gasteiger partial charge on any atom is 0.406 e. The van der Waals surface area contributed by atoms with Crippen molar-refractivity contribution in [1.82, 2.24) is 16.0 Å². The Kier molecular flexibility index (Phi) is 12.9. The number of nitrogens with one attached hydrogen (secondary N) is 3. The molecule has 12 heteroatoms. The molecule has 40 heavy (non-hydrogen) atoms. The van der Waals surface area contributed by atoms with E-state index in [-0.39, 0.29) is 30.5 Å². The Hall–Kier alpha value is -2.99. The Morgan fingerprint density at radius 1 is 1.15 bits per heavy atom. The van der Waals surface area contributed by atoms with Crippen molar-refractivity contribution in [2.75, 3.05) is 47.1 Å². The van der Waals surface area contributed by atoms with Gasteiger partial charge >= 0.3 is 12.7 Å². The predicted molar refractivity (Wildman–Crippen MR) is 146 cm³/mol. The summed E-state index contributed by atoms with van der Waals surface area (Å²) < 4.78 is 47.2. The van der Waals surface area contributed by atoms with E-state index in [9.17, 15) is 18.4 Å². The highest BCUT2D eigenvalue weighted by molar-refractivity contribution is 6.30. The number of alkyl carbamates (subject to hydrolysis) is 1. The minimum atomic E-state index is -3.09. The summed E-state index contributed by atoms with van der Waals surface area (Å²) in [6, 6.07) is 11.1. The number of amides is 2. The smallest absolute Gasteiger partial charge is 0.406 e. The largest absolute Gasteiger partial charge is 0.453 e. The topological polar surface area (TPSA) is 107 Å². The second-order valence-corrected chi connectivity index (χ2v) is 9.84. The normalized spacial score (nSPS) is 16.7. The second kappa shape index (κ2) is 16.3. The summed E-state index contributed by atoms with van der Waals surface area (Å²) in [6.45, 7) is -1.09. The molecule has 0 aliphatic carbocycles. The lowest BCUT2D eigenvalue weighted by Gasteiger charge is -2.26. The van der Waals surface area contributed by atoms with Crippen LogP contribution in [0.3, 0.4) is 0 Å². The molecule has 3 N–H and O–H groups in total. The monoisotopic (exact) mass is 583 g/mol. The van der Waals surface area contributed by atoms with E-state index in [1.165, 1.54) is 19.2 Å². The molecule has 1 aliphatic heterocycles. The van der Waals surface area contributed by atoms with Crippen LogP contribution >= 0.6 is 11.6 Å². The molecule has 0 bridgehead atoms. The lowest BCUT2D eigenvalue weighted by Crippen LogP contribution is -2.41. The van der Waals surface area contributed by atoms with Gasteiger partial charge in [0.2, 0.25) is 0 Å². The maximum absolute atomic E-state index is 13.2. The highest BCUT2D eigenvalue weighted by Gasteiger charge is 2.22. The number of carbonyl (C=O) groups excluding carboxylic acids is 2. The summed E-state index contributed by atoms with van der Waals surface area (Å²) in [4.78, 5) is 24.6. The van der Waals surface area contributed by atoms with E-state index in [0.29, 0.717) is 35.2 Å². The molecular formula is C28H36ClF2N3O6. The predicted octanol–water partition coefficient (Wildman–Crippen LogP) is 4.54. The van der Waals surface area contributed by atoms with Gasteiger partial charge in [-0.1, -0.05) is 23.7 Å². The fourth-order valence-corrected chi connectivity index (χ4v) is 4.75. The van der Waals surface area contributed by atoms with E-state index in [1.807, 2.05) is 7.05 Å². The van der Waals surface area contributed by atoms with Crippen LogP contribution in [0.4, 0.5) is 13.6 Å². The van der Waals surface area contributed by atoms with Crippen LogP contribution in [-0.4, -0.2) is 71.7 Å². The molecule has 0 aromatic heterocycles. The van der Waals surface area contributed by atoms with Crippen LogP contribution in [0.15, 0.2) is 42.5 Å². The molecule has 2 aromatic carbocycles. The van der Waals surface area contributed by atoms with Gasteiger partial charge in [-0.3, -0.25) is 4.79 Å². The van der Waals surface area contributed by atoms with E-state index in [1.54, 1.807) is 30.3 Å². The van der Waals surface area contributed by atoms with Gasteiger partial charge in [0.05, 0.1) is 13.7 Å². The number of halogens is 3. The zero-order valence-corrected chi connectivity index (χ0v) is 23.3. The molecule has 0 spiro atoms. The van der Waals surface area contributed by atoms with Crippen molar-refractivity contribution in [3.8, 4) is 5.75 Å². The minimum Gasteiger partial charge on any atom is -0.453 e. The molecule has 2 unspecified atom stereocenters. The molecule has 2 amide bonds. The summed E-state index contributed by atoms with van der Waals surface area (Å²) in [6.07, 6.45) is 1.50. The third kappa shape index (κ3) is 10.2. The van der Waals surface area contributed by atoms with Gasteiger partial charge in [-0.15, -0.1) is 0 Å². The molecule has 1 fully saturated rings. The van der Waals surface area contributed by atoms with Crippen molar-refractivity contribution in [2.24, 2.45) is 5.92 Å². The van der Waals surface area contributed by atoms with Crippen molar-refractivity contribution >= 4 is 23.6 Å². The summed E-state index contributed by atoms with van der Waals surface area (Å²) in [5.41, 5.74) is 1.15. The minimum absolute atomic E-state index is 0.0143. The lowest BCUT2D eigenvalue weighted by atomic mass is 9.94. The maximum atomic E-state index is 13.2. The first kappa shape index (κ1) is 31.5. The summed E-state index contributed by atoms with van der Waals surface area (Å²) in [5, 5.41) is 9.08. The van der Waals surface area contributed by atoms with Crippen LogP contribution < -0.4 is 20.7 Å². The van der Waals surface area contributed by atoms with Crippen molar-refractivity contribution < 1.29 is 37.3 Å². The number of methoxy groups -OCH3 is 1. The zero-order chi connectivity index (χ0) is 28.9. The van der Waals surface area contributed by atoms with Gasteiger partial charge in [-0.2, -0.15) is 8.78 Å². The highest BCUT2D eigenvalue weighted by atomic mass is 35.5. The van der Waals surface area contributed by atoms with Crippen LogP contribution in [0.1, 0.15) is 46.9 Å². The van der Waals surface area contributed by atoms with Crippen molar-refractivity contribution in [2.45, 2.75) is 38.0 Å². The Morgan fingerprint density at radius 2 is 1.98 bits per heavy atom. The fourth-order valence-electron chi connectivity index (χ4n) is 4.55. The number of likely N-dealkylation sites (N-methyl/N-ethyl adjacent to an activating group) is 1. The van der Waals surface area contributed by atoms with Crippen LogP contribution in [0.2, 0.25) is 5.02 Å². The van der Waals surface area contributed by atoms with Gasteiger partial charge in [-0.25, -0.2) is 4.79 Å². The molecule has 1 saturated heterocycles. The Labute approximate surface area is 237 Å². The van der Waals surface area contributed by atoms with Crippen LogP contribution in [0.25, 0.3) is 0 Å². The van der Waals surface area contributed by atoms with Crippen LogP contribution in [0.5, 0.6) is 5.75 Å². The lowest BCUT2D eigenvalue weighted by molar-refractivity contribution is -0.0500. The standard InChI is InChI=1S/C28H36ClF2N3O6/c1-32-23(11-18-5-4-9-38-17-18)16-34-26(35)21-12-20(14-24(15-21)40-27(30)31)25(19-6-3-7-22(29)13-19)39-10-8-33-28(36)37-2/h3,6-7,12-15,18,23,25,27,32H,4-5,8-11,16-17H2,1-2H3,(H,33,36)(H,34,35)/t18-,23?,25?/m1/s1. The van der Waals surface area contributed by atoms with E-state index in [2.05, 4.69) is 25.4 Å². The van der Waals surface area contributed by atoms with E-state index < -0.39 is 24.7 Å². The number of hydrogen-bond donors (Lipinski definition) is 3. The quantitative estimate of drug-likeness (QED) is 0.280. The van der Waals surface area contributed by atoms with E-state index in [4.69, 9.17) is 21.1 Å². The summed E-state index contributed by atoms with van der Waals surface area (Å²) >= 11 is 6.20. The molecule has 9 nitrogen and oxygen atoms in total. The molecule has 3 atom stereocenters. The first-order chi connectivity index (χ1) is 19.3. The van der Waals surface area contributed by atoms with Gasteiger partial charge < -0.3 is 34.9 Å². The number of ether oxygens (including phenoxy) is 4. The van der Waals surface area contributed by atoms with Crippen LogP contribution in [0, 0.1) is 5.92 Å². The first-order valence-electron chi connectivity index (χ1n) is 13.1. The van der Waals surface area contributed by atoms with Gasteiger partial charge in [0, 0.05) is 42.9 Å². The first-order valence-corrected chi connectivity index (χ1v) is 13.5. The van der Waals surface area contributed by atoms with Crippen molar-refractivity contribution in [3.05, 3.63) is 64.2 Å². The average molecular weight is 584 g/mol. The van der Waals surface area contributed by atoms with E-state index in [0.717, 1.165) is 25.9 Å². The third-order valence-corrected chi connectivity index (χ3v) is 6.74. The summed E-state index contributed by atoms with van der Waals surface area (Å²) in [5.74, 6) is -0.231. The Morgan fingerprint density at radius 3 is 2.65 bits per heavy atom. The molecule has 0 radical (unpaired) electrons. The molecule has 0 saturated carbocycles. The van der Waals surface area contributed by atoms with Gasteiger partial charge in [0.1, 0.15) is 11.9 Å². The number of benzene rings is 2. The summed E-state index contributed by atoms with van der Waals surface area (Å²) in [7, 11) is 3.08. The molecule has 1 aliphatic rings. The highest BCUT2D eigenvalue weighted by Crippen LogP contribution is 2.32. The molecule has 3 rings (SSSR count). The van der Waals surface area contributed by atoms with Crippen molar-refractivity contribution in [3.63, 3.8) is 0 Å². The number of rotatable bonds is 14. The fraction of sp³-hybridized carbons (Fsp3) is 0.500. The SMILES string of the molecule is CNC(CNC(=O)c1cc(OC(F)F)cc(C(OCCNC(=O)OC)c2cccc(Cl)c2)c1)C[C@H]1CCCOC1. The van der Waals surface area contributed by atoms with Gasteiger partial charge in [0.25, 0.3) is 5.91 Å². The number of alkyl halides is 2. The Balaban J connectivity index is 1.81. The van der Waals surface area contributed by atoms with Crippen molar-refractivity contribution in [1.29, 1.82) is 0 Å². The number of carbonyl (C=O) groups is 2.